The molecule has 0 spiro atoms. The predicted octanol–water partition coefficient (Wildman–Crippen LogP) is 2.33. The molecule has 0 aromatic heterocycles. The Kier molecular flexibility index (Phi) is 3.34. The molecule has 0 N–H and O–H groups in total. The van der Waals surface area contributed by atoms with Gasteiger partial charge in [-0.3, -0.25) is 0 Å². The quantitative estimate of drug-likeness (QED) is 0.627. The van der Waals surface area contributed by atoms with E-state index in [1.807, 2.05) is 6.92 Å². The van der Waals surface area contributed by atoms with Gasteiger partial charge in [0, 0.05) is 13.0 Å². The molecule has 1 unspecified atom stereocenters. The van der Waals surface area contributed by atoms with E-state index in [1.54, 1.807) is 0 Å². The first kappa shape index (κ1) is 9.01. The van der Waals surface area contributed by atoms with E-state index < -0.39 is 0 Å². The van der Waals surface area contributed by atoms with Gasteiger partial charge < -0.3 is 9.47 Å². The third-order valence-electron chi connectivity index (χ3n) is 2.04. The molecular weight excluding hydrogens is 140 g/mol. The lowest BCUT2D eigenvalue weighted by molar-refractivity contribution is -0.243. The van der Waals surface area contributed by atoms with Crippen molar-refractivity contribution in [1.29, 1.82) is 0 Å². The fourth-order valence-corrected chi connectivity index (χ4v) is 1.34. The zero-order valence-electron chi connectivity index (χ0n) is 7.56. The third kappa shape index (κ3) is 2.80. The molecular formula is C9H18O2. The molecule has 1 atom stereocenters. The van der Waals surface area contributed by atoms with Crippen LogP contribution in [-0.2, 0) is 9.47 Å². The molecule has 66 valence electrons. The lowest BCUT2D eigenvalue weighted by atomic mass is 10.1. The molecule has 0 radical (unpaired) electrons. The summed E-state index contributed by atoms with van der Waals surface area (Å²) in [5.41, 5.74) is 0. The molecule has 0 aromatic carbocycles. The molecule has 1 heterocycles. The molecule has 0 saturated carbocycles. The molecule has 2 nitrogen and oxygen atoms in total. The fourth-order valence-electron chi connectivity index (χ4n) is 1.34. The van der Waals surface area contributed by atoms with Gasteiger partial charge in [-0.2, -0.15) is 0 Å². The summed E-state index contributed by atoms with van der Waals surface area (Å²) < 4.78 is 11.1. The van der Waals surface area contributed by atoms with E-state index in [-0.39, 0.29) is 5.79 Å². The Balaban J connectivity index is 2.25. The third-order valence-corrected chi connectivity index (χ3v) is 2.04. The van der Waals surface area contributed by atoms with Crippen LogP contribution in [-0.4, -0.2) is 19.0 Å². The molecule has 0 aromatic rings. The molecule has 11 heavy (non-hydrogen) atoms. The van der Waals surface area contributed by atoms with Gasteiger partial charge in [-0.1, -0.05) is 6.92 Å². The molecule has 2 heteroatoms. The number of ether oxygens (including phenoxy) is 2. The van der Waals surface area contributed by atoms with Gasteiger partial charge in [-0.15, -0.1) is 0 Å². The largest absolute Gasteiger partial charge is 0.350 e. The van der Waals surface area contributed by atoms with Crippen molar-refractivity contribution in [3.63, 3.8) is 0 Å². The lowest BCUT2D eigenvalue weighted by Gasteiger charge is -2.33. The monoisotopic (exact) mass is 158 g/mol. The number of hydrogen-bond donors (Lipinski definition) is 0. The highest BCUT2D eigenvalue weighted by molar-refractivity contribution is 4.67. The van der Waals surface area contributed by atoms with Gasteiger partial charge in [0.15, 0.2) is 5.79 Å². The summed E-state index contributed by atoms with van der Waals surface area (Å²) in [6, 6.07) is 0. The highest BCUT2D eigenvalue weighted by Crippen LogP contribution is 2.25. The van der Waals surface area contributed by atoms with Crippen LogP contribution < -0.4 is 0 Å². The zero-order chi connectivity index (χ0) is 8.16. The molecule has 1 saturated heterocycles. The van der Waals surface area contributed by atoms with Crippen molar-refractivity contribution in [3.8, 4) is 0 Å². The Hall–Kier alpha value is -0.0800. The van der Waals surface area contributed by atoms with E-state index >= 15 is 0 Å². The number of hydrogen-bond acceptors (Lipinski definition) is 2. The second-order valence-electron chi connectivity index (χ2n) is 3.29. The van der Waals surface area contributed by atoms with Crippen LogP contribution in [0.4, 0.5) is 0 Å². The van der Waals surface area contributed by atoms with Crippen LogP contribution in [0.3, 0.4) is 0 Å². The molecule has 0 aliphatic carbocycles. The molecule has 0 amide bonds. The second kappa shape index (κ2) is 4.07. The van der Waals surface area contributed by atoms with Crippen LogP contribution in [0.25, 0.3) is 0 Å². The maximum absolute atomic E-state index is 5.60. The van der Waals surface area contributed by atoms with Crippen molar-refractivity contribution >= 4 is 0 Å². The normalized spacial score (nSPS) is 32.2. The summed E-state index contributed by atoms with van der Waals surface area (Å²) in [5, 5.41) is 0. The summed E-state index contributed by atoms with van der Waals surface area (Å²) in [5.74, 6) is -0.270. The van der Waals surface area contributed by atoms with Crippen molar-refractivity contribution in [2.75, 3.05) is 13.2 Å². The number of rotatable bonds is 3. The van der Waals surface area contributed by atoms with Crippen LogP contribution in [0, 0.1) is 0 Å². The van der Waals surface area contributed by atoms with Gasteiger partial charge in [0.25, 0.3) is 0 Å². The van der Waals surface area contributed by atoms with Gasteiger partial charge >= 0.3 is 0 Å². The molecule has 0 bridgehead atoms. The van der Waals surface area contributed by atoms with Crippen LogP contribution >= 0.6 is 0 Å². The summed E-state index contributed by atoms with van der Waals surface area (Å²) in [4.78, 5) is 0. The average Bonchev–Trinajstić information content (AvgIpc) is 2.03. The first-order chi connectivity index (χ1) is 5.27. The average molecular weight is 158 g/mol. The highest BCUT2D eigenvalue weighted by Gasteiger charge is 2.27. The zero-order valence-corrected chi connectivity index (χ0v) is 7.56. The smallest absolute Gasteiger partial charge is 0.165 e. The molecule has 1 aliphatic rings. The van der Waals surface area contributed by atoms with E-state index in [9.17, 15) is 0 Å². The first-order valence-corrected chi connectivity index (χ1v) is 4.55. The van der Waals surface area contributed by atoms with Gasteiger partial charge in [0.05, 0.1) is 6.61 Å². The summed E-state index contributed by atoms with van der Waals surface area (Å²) in [6.07, 6.45) is 4.54. The van der Waals surface area contributed by atoms with Crippen LogP contribution in [0.15, 0.2) is 0 Å². The van der Waals surface area contributed by atoms with Crippen molar-refractivity contribution in [1.82, 2.24) is 0 Å². The summed E-state index contributed by atoms with van der Waals surface area (Å²) in [7, 11) is 0. The first-order valence-electron chi connectivity index (χ1n) is 4.55. The standard InChI is InChI=1S/C9H18O2/c1-3-7-10-9(2)6-4-5-8-11-9/h3-8H2,1-2H3. The topological polar surface area (TPSA) is 18.5 Å². The Morgan fingerprint density at radius 1 is 1.45 bits per heavy atom. The van der Waals surface area contributed by atoms with Crippen molar-refractivity contribution in [3.05, 3.63) is 0 Å². The van der Waals surface area contributed by atoms with Crippen LogP contribution in [0.2, 0.25) is 0 Å². The Morgan fingerprint density at radius 2 is 2.27 bits per heavy atom. The predicted molar refractivity (Wildman–Crippen MR) is 44.5 cm³/mol. The van der Waals surface area contributed by atoms with Crippen molar-refractivity contribution < 1.29 is 9.47 Å². The van der Waals surface area contributed by atoms with E-state index in [0.29, 0.717) is 0 Å². The SMILES string of the molecule is CCCOC1(C)CCCCO1. The van der Waals surface area contributed by atoms with E-state index in [4.69, 9.17) is 9.47 Å². The maximum Gasteiger partial charge on any atom is 0.165 e. The van der Waals surface area contributed by atoms with Crippen LogP contribution in [0.1, 0.15) is 39.5 Å². The fraction of sp³-hybridized carbons (Fsp3) is 1.00. The minimum atomic E-state index is -0.270. The van der Waals surface area contributed by atoms with E-state index in [1.165, 1.54) is 12.8 Å². The molecule has 1 fully saturated rings. The van der Waals surface area contributed by atoms with Gasteiger partial charge in [-0.25, -0.2) is 0 Å². The van der Waals surface area contributed by atoms with E-state index in [0.717, 1.165) is 26.1 Å². The van der Waals surface area contributed by atoms with Crippen LogP contribution in [0.5, 0.6) is 0 Å². The Labute approximate surface area is 68.9 Å². The molecule has 1 rings (SSSR count). The minimum Gasteiger partial charge on any atom is -0.350 e. The van der Waals surface area contributed by atoms with E-state index in [2.05, 4.69) is 6.92 Å². The highest BCUT2D eigenvalue weighted by atomic mass is 16.7. The van der Waals surface area contributed by atoms with Gasteiger partial charge in [-0.05, 0) is 26.2 Å². The summed E-state index contributed by atoms with van der Waals surface area (Å²) >= 11 is 0. The lowest BCUT2D eigenvalue weighted by Crippen LogP contribution is -2.36. The minimum absolute atomic E-state index is 0.270. The maximum atomic E-state index is 5.60. The van der Waals surface area contributed by atoms with Crippen molar-refractivity contribution in [2.24, 2.45) is 0 Å². The molecule has 1 aliphatic heterocycles. The summed E-state index contributed by atoms with van der Waals surface area (Å²) in [6.45, 7) is 5.84. The van der Waals surface area contributed by atoms with Crippen molar-refractivity contribution in [2.45, 2.75) is 45.3 Å². The Bertz CT molecular complexity index is 106. The van der Waals surface area contributed by atoms with Gasteiger partial charge in [0.2, 0.25) is 0 Å². The second-order valence-corrected chi connectivity index (χ2v) is 3.29. The Morgan fingerprint density at radius 3 is 2.82 bits per heavy atom. The van der Waals surface area contributed by atoms with Gasteiger partial charge in [0.1, 0.15) is 0 Å².